The molecule has 1 unspecified atom stereocenters. The van der Waals surface area contributed by atoms with Crippen LogP contribution in [-0.4, -0.2) is 15.3 Å². The third-order valence-corrected chi connectivity index (χ3v) is 2.05. The highest BCUT2D eigenvalue weighted by Crippen LogP contribution is 2.08. The maximum absolute atomic E-state index is 11.6. The molecule has 14 heavy (non-hydrogen) atoms. The fourth-order valence-electron chi connectivity index (χ4n) is 1.23. The van der Waals surface area contributed by atoms with E-state index in [2.05, 4.69) is 4.98 Å². The highest BCUT2D eigenvalue weighted by atomic mass is 16.1. The van der Waals surface area contributed by atoms with Crippen molar-refractivity contribution in [2.45, 2.75) is 26.8 Å². The molecule has 4 heteroatoms. The van der Waals surface area contributed by atoms with Crippen molar-refractivity contribution >= 4 is 5.78 Å². The van der Waals surface area contributed by atoms with Gasteiger partial charge in [-0.25, -0.2) is 4.98 Å². The van der Waals surface area contributed by atoms with Crippen molar-refractivity contribution in [3.63, 3.8) is 0 Å². The Morgan fingerprint density at radius 3 is 3.07 bits per heavy atom. The SMILES string of the molecule is CCn1cncc1C(=O)CC(C)C#N. The third-order valence-electron chi connectivity index (χ3n) is 2.05. The van der Waals surface area contributed by atoms with Crippen LogP contribution in [0.2, 0.25) is 0 Å². The second-order valence-corrected chi connectivity index (χ2v) is 3.22. The standard InChI is InChI=1S/C10H13N3O/c1-3-13-7-12-6-9(13)10(14)4-8(2)5-11/h6-8H,3-4H2,1-2H3. The van der Waals surface area contributed by atoms with Crippen LogP contribution in [0.15, 0.2) is 12.5 Å². The molecule has 0 aliphatic carbocycles. The summed E-state index contributed by atoms with van der Waals surface area (Å²) < 4.78 is 1.78. The van der Waals surface area contributed by atoms with E-state index >= 15 is 0 Å². The summed E-state index contributed by atoms with van der Waals surface area (Å²) in [6, 6.07) is 2.04. The molecule has 1 rings (SSSR count). The smallest absolute Gasteiger partial charge is 0.182 e. The first kappa shape index (κ1) is 10.5. The highest BCUT2D eigenvalue weighted by Gasteiger charge is 2.14. The van der Waals surface area contributed by atoms with Gasteiger partial charge in [0, 0.05) is 13.0 Å². The van der Waals surface area contributed by atoms with Gasteiger partial charge in [0.15, 0.2) is 5.78 Å². The number of nitrogens with zero attached hydrogens (tertiary/aromatic N) is 3. The van der Waals surface area contributed by atoms with Gasteiger partial charge in [-0.3, -0.25) is 4.79 Å². The van der Waals surface area contributed by atoms with Gasteiger partial charge >= 0.3 is 0 Å². The Morgan fingerprint density at radius 2 is 2.50 bits per heavy atom. The lowest BCUT2D eigenvalue weighted by molar-refractivity contribution is 0.0964. The average molecular weight is 191 g/mol. The number of carbonyl (C=O) groups excluding carboxylic acids is 1. The monoisotopic (exact) mass is 191 g/mol. The molecule has 0 fully saturated rings. The predicted molar refractivity (Wildman–Crippen MR) is 51.6 cm³/mol. The van der Waals surface area contributed by atoms with Crippen LogP contribution in [-0.2, 0) is 6.54 Å². The summed E-state index contributed by atoms with van der Waals surface area (Å²) >= 11 is 0. The number of hydrogen-bond acceptors (Lipinski definition) is 3. The Kier molecular flexibility index (Phi) is 3.41. The minimum absolute atomic E-state index is 0.0154. The van der Waals surface area contributed by atoms with E-state index in [1.165, 1.54) is 0 Å². The Labute approximate surface area is 83.2 Å². The molecule has 0 radical (unpaired) electrons. The molecule has 74 valence electrons. The van der Waals surface area contributed by atoms with Gasteiger partial charge in [0.1, 0.15) is 5.69 Å². The van der Waals surface area contributed by atoms with Crippen molar-refractivity contribution in [1.29, 1.82) is 5.26 Å². The lowest BCUT2D eigenvalue weighted by Crippen LogP contribution is -2.10. The normalized spacial score (nSPS) is 12.1. The molecule has 0 aromatic carbocycles. The molecule has 0 bridgehead atoms. The van der Waals surface area contributed by atoms with Crippen LogP contribution in [0, 0.1) is 17.2 Å². The summed E-state index contributed by atoms with van der Waals surface area (Å²) in [6.07, 6.45) is 3.45. The zero-order chi connectivity index (χ0) is 10.6. The Morgan fingerprint density at radius 1 is 1.79 bits per heavy atom. The molecule has 0 aliphatic heterocycles. The van der Waals surface area contributed by atoms with Gasteiger partial charge in [0.05, 0.1) is 24.5 Å². The topological polar surface area (TPSA) is 58.7 Å². The highest BCUT2D eigenvalue weighted by molar-refractivity contribution is 5.94. The maximum Gasteiger partial charge on any atom is 0.182 e. The molecule has 0 amide bonds. The van der Waals surface area contributed by atoms with Crippen LogP contribution >= 0.6 is 0 Å². The minimum Gasteiger partial charge on any atom is -0.328 e. The number of nitriles is 1. The van der Waals surface area contributed by atoms with Gasteiger partial charge in [0.25, 0.3) is 0 Å². The van der Waals surface area contributed by atoms with Crippen molar-refractivity contribution in [2.75, 3.05) is 0 Å². The summed E-state index contributed by atoms with van der Waals surface area (Å²) in [5.41, 5.74) is 0.592. The van der Waals surface area contributed by atoms with Crippen molar-refractivity contribution in [3.8, 4) is 6.07 Å². The Bertz CT molecular complexity index is 362. The van der Waals surface area contributed by atoms with Gasteiger partial charge in [-0.1, -0.05) is 0 Å². The summed E-state index contributed by atoms with van der Waals surface area (Å²) in [6.45, 7) is 4.42. The van der Waals surface area contributed by atoms with E-state index in [0.717, 1.165) is 6.54 Å². The number of carbonyl (C=O) groups is 1. The molecular formula is C10H13N3O. The summed E-state index contributed by atoms with van der Waals surface area (Å²) in [4.78, 5) is 15.5. The fourth-order valence-corrected chi connectivity index (χ4v) is 1.23. The zero-order valence-corrected chi connectivity index (χ0v) is 8.40. The Hall–Kier alpha value is -1.63. The van der Waals surface area contributed by atoms with E-state index in [9.17, 15) is 4.79 Å². The molecule has 1 atom stereocenters. The van der Waals surface area contributed by atoms with Gasteiger partial charge < -0.3 is 4.57 Å². The van der Waals surface area contributed by atoms with E-state index in [0.29, 0.717) is 5.69 Å². The molecule has 4 nitrogen and oxygen atoms in total. The third kappa shape index (κ3) is 2.19. The van der Waals surface area contributed by atoms with Crippen molar-refractivity contribution < 1.29 is 4.79 Å². The minimum atomic E-state index is -0.234. The second-order valence-electron chi connectivity index (χ2n) is 3.22. The number of hydrogen-bond donors (Lipinski definition) is 0. The fraction of sp³-hybridized carbons (Fsp3) is 0.500. The summed E-state index contributed by atoms with van der Waals surface area (Å²) in [5, 5.41) is 8.58. The van der Waals surface area contributed by atoms with Gasteiger partial charge in [-0.2, -0.15) is 5.26 Å². The first-order chi connectivity index (χ1) is 6.69. The predicted octanol–water partition coefficient (Wildman–Crippen LogP) is 1.64. The van der Waals surface area contributed by atoms with Crippen LogP contribution in [0.3, 0.4) is 0 Å². The van der Waals surface area contributed by atoms with Crippen LogP contribution in [0.5, 0.6) is 0 Å². The van der Waals surface area contributed by atoms with Crippen molar-refractivity contribution in [1.82, 2.24) is 9.55 Å². The molecule has 1 aromatic rings. The maximum atomic E-state index is 11.6. The molecule has 0 saturated heterocycles. The van der Waals surface area contributed by atoms with E-state index in [1.54, 1.807) is 24.0 Å². The quantitative estimate of drug-likeness (QED) is 0.680. The molecule has 0 aliphatic rings. The largest absolute Gasteiger partial charge is 0.328 e. The average Bonchev–Trinajstić information content (AvgIpc) is 2.65. The van der Waals surface area contributed by atoms with Gasteiger partial charge in [-0.15, -0.1) is 0 Å². The number of Topliss-reactive ketones (excluding diaryl/α,β-unsaturated/α-hetero) is 1. The van der Waals surface area contributed by atoms with E-state index in [-0.39, 0.29) is 18.1 Å². The number of aromatic nitrogens is 2. The molecule has 1 heterocycles. The molecule has 0 spiro atoms. The lowest BCUT2D eigenvalue weighted by atomic mass is 10.1. The number of aryl methyl sites for hydroxylation is 1. The number of rotatable bonds is 4. The van der Waals surface area contributed by atoms with Crippen molar-refractivity contribution in [2.24, 2.45) is 5.92 Å². The molecule has 0 N–H and O–H groups in total. The van der Waals surface area contributed by atoms with Crippen LogP contribution in [0.1, 0.15) is 30.8 Å². The first-order valence-corrected chi connectivity index (χ1v) is 4.62. The van der Waals surface area contributed by atoms with Crippen LogP contribution in [0.4, 0.5) is 0 Å². The second kappa shape index (κ2) is 4.56. The van der Waals surface area contributed by atoms with Crippen molar-refractivity contribution in [3.05, 3.63) is 18.2 Å². The molecular weight excluding hydrogens is 178 g/mol. The van der Waals surface area contributed by atoms with E-state index in [4.69, 9.17) is 5.26 Å². The van der Waals surface area contributed by atoms with Gasteiger partial charge in [-0.05, 0) is 13.8 Å². The van der Waals surface area contributed by atoms with E-state index < -0.39 is 0 Å². The van der Waals surface area contributed by atoms with Gasteiger partial charge in [0.2, 0.25) is 0 Å². The zero-order valence-electron chi connectivity index (χ0n) is 8.40. The lowest BCUT2D eigenvalue weighted by Gasteiger charge is -2.04. The number of imidazole rings is 1. The van der Waals surface area contributed by atoms with Crippen LogP contribution in [0.25, 0.3) is 0 Å². The molecule has 0 saturated carbocycles. The van der Waals surface area contributed by atoms with E-state index in [1.807, 2.05) is 13.0 Å². The first-order valence-electron chi connectivity index (χ1n) is 4.62. The summed E-state index contributed by atoms with van der Waals surface area (Å²) in [7, 11) is 0. The number of ketones is 1. The Balaban J connectivity index is 2.75. The summed E-state index contributed by atoms with van der Waals surface area (Å²) in [5.74, 6) is -0.249. The molecule has 1 aromatic heterocycles. The van der Waals surface area contributed by atoms with Crippen LogP contribution < -0.4 is 0 Å².